The van der Waals surface area contributed by atoms with Crippen molar-refractivity contribution in [1.29, 1.82) is 0 Å². The van der Waals surface area contributed by atoms with E-state index >= 15 is 0 Å². The van der Waals surface area contributed by atoms with E-state index in [2.05, 4.69) is 15.5 Å². The SMILES string of the molecule is CCOC(=O)C1=C(CN2CCN(C(=O)OCC)CC2)NC(=O)N[C@H]1c1ccc(OC)cc1. The van der Waals surface area contributed by atoms with Gasteiger partial charge in [-0.3, -0.25) is 4.90 Å². The molecule has 0 aromatic heterocycles. The van der Waals surface area contributed by atoms with Gasteiger partial charge in [0.15, 0.2) is 0 Å². The molecule has 1 aromatic carbocycles. The minimum Gasteiger partial charge on any atom is -0.497 e. The van der Waals surface area contributed by atoms with Crippen molar-refractivity contribution in [3.63, 3.8) is 0 Å². The van der Waals surface area contributed by atoms with Crippen molar-refractivity contribution in [2.75, 3.05) is 53.0 Å². The van der Waals surface area contributed by atoms with Crippen molar-refractivity contribution in [1.82, 2.24) is 20.4 Å². The molecule has 1 fully saturated rings. The molecule has 3 rings (SSSR count). The first-order valence-corrected chi connectivity index (χ1v) is 10.7. The van der Waals surface area contributed by atoms with Gasteiger partial charge < -0.3 is 29.7 Å². The first-order valence-electron chi connectivity index (χ1n) is 10.7. The fourth-order valence-electron chi connectivity index (χ4n) is 3.77. The lowest BCUT2D eigenvalue weighted by Crippen LogP contribution is -2.52. The average molecular weight is 447 g/mol. The third kappa shape index (κ3) is 5.50. The number of carbonyl (C=O) groups excluding carboxylic acids is 3. The highest BCUT2D eigenvalue weighted by Gasteiger charge is 2.35. The summed E-state index contributed by atoms with van der Waals surface area (Å²) < 4.78 is 15.6. The van der Waals surface area contributed by atoms with Gasteiger partial charge >= 0.3 is 18.1 Å². The van der Waals surface area contributed by atoms with Crippen LogP contribution in [-0.4, -0.2) is 80.9 Å². The van der Waals surface area contributed by atoms with Crippen LogP contribution in [0.15, 0.2) is 35.5 Å². The standard InChI is InChI=1S/C22H30N4O6/c1-4-31-20(27)18-17(14-25-10-12-26(13-11-25)22(29)32-5-2)23-21(28)24-19(18)15-6-8-16(30-3)9-7-15/h6-9,19H,4-5,10-14H2,1-3H3,(H2,23,24,28)/t19-/m0/s1. The minimum atomic E-state index is -0.649. The molecule has 2 aliphatic rings. The van der Waals surface area contributed by atoms with Gasteiger partial charge in [-0.25, -0.2) is 14.4 Å². The number of carbonyl (C=O) groups is 3. The highest BCUT2D eigenvalue weighted by Crippen LogP contribution is 2.29. The van der Waals surface area contributed by atoms with Crippen LogP contribution < -0.4 is 15.4 Å². The van der Waals surface area contributed by atoms with E-state index < -0.39 is 12.0 Å². The van der Waals surface area contributed by atoms with Gasteiger partial charge in [-0.15, -0.1) is 0 Å². The number of benzene rings is 1. The molecule has 2 heterocycles. The first-order chi connectivity index (χ1) is 15.5. The monoisotopic (exact) mass is 446 g/mol. The summed E-state index contributed by atoms with van der Waals surface area (Å²) in [5, 5.41) is 5.61. The molecule has 2 aliphatic heterocycles. The zero-order valence-electron chi connectivity index (χ0n) is 18.7. The van der Waals surface area contributed by atoms with Crippen molar-refractivity contribution >= 4 is 18.1 Å². The van der Waals surface area contributed by atoms with Gasteiger partial charge in [0.25, 0.3) is 0 Å². The van der Waals surface area contributed by atoms with Gasteiger partial charge in [0.2, 0.25) is 0 Å². The Morgan fingerprint density at radius 3 is 2.28 bits per heavy atom. The number of piperazine rings is 1. The molecule has 3 amide bonds. The van der Waals surface area contributed by atoms with Crippen molar-refractivity contribution in [2.24, 2.45) is 0 Å². The van der Waals surface area contributed by atoms with E-state index in [1.165, 1.54) is 0 Å². The fourth-order valence-corrected chi connectivity index (χ4v) is 3.77. The number of nitrogens with one attached hydrogen (secondary N) is 2. The second kappa shape index (κ2) is 10.9. The van der Waals surface area contributed by atoms with Crippen LogP contribution >= 0.6 is 0 Å². The van der Waals surface area contributed by atoms with Crippen molar-refractivity contribution in [3.05, 3.63) is 41.1 Å². The smallest absolute Gasteiger partial charge is 0.409 e. The van der Waals surface area contributed by atoms with E-state index in [1.807, 2.05) is 12.1 Å². The van der Waals surface area contributed by atoms with E-state index in [4.69, 9.17) is 14.2 Å². The van der Waals surface area contributed by atoms with Crippen molar-refractivity contribution < 1.29 is 28.6 Å². The summed E-state index contributed by atoms with van der Waals surface area (Å²) in [6.45, 7) is 6.62. The summed E-state index contributed by atoms with van der Waals surface area (Å²) in [6, 6.07) is 6.14. The number of hydrogen-bond acceptors (Lipinski definition) is 7. The van der Waals surface area contributed by atoms with Crippen LogP contribution in [0.25, 0.3) is 0 Å². The highest BCUT2D eigenvalue weighted by atomic mass is 16.6. The second-order valence-electron chi connectivity index (χ2n) is 7.38. The number of methoxy groups -OCH3 is 1. The van der Waals surface area contributed by atoms with Gasteiger partial charge in [-0.2, -0.15) is 0 Å². The van der Waals surface area contributed by atoms with Crippen LogP contribution in [0.3, 0.4) is 0 Å². The number of rotatable bonds is 7. The maximum atomic E-state index is 12.9. The van der Waals surface area contributed by atoms with Crippen LogP contribution in [0.4, 0.5) is 9.59 Å². The molecule has 0 unspecified atom stereocenters. The largest absolute Gasteiger partial charge is 0.497 e. The maximum absolute atomic E-state index is 12.9. The van der Waals surface area contributed by atoms with E-state index in [9.17, 15) is 14.4 Å². The van der Waals surface area contributed by atoms with E-state index in [0.29, 0.717) is 56.4 Å². The molecule has 10 nitrogen and oxygen atoms in total. The normalized spacial score (nSPS) is 19.2. The molecule has 0 aliphatic carbocycles. The lowest BCUT2D eigenvalue weighted by atomic mass is 9.94. The first kappa shape index (κ1) is 23.4. The van der Waals surface area contributed by atoms with Crippen LogP contribution in [0.5, 0.6) is 5.75 Å². The molecule has 1 aromatic rings. The Bertz CT molecular complexity index is 862. The van der Waals surface area contributed by atoms with Gasteiger partial charge in [-0.1, -0.05) is 12.1 Å². The number of ether oxygens (including phenoxy) is 3. The van der Waals surface area contributed by atoms with Crippen LogP contribution in [0.1, 0.15) is 25.5 Å². The zero-order valence-corrected chi connectivity index (χ0v) is 18.7. The molecule has 0 bridgehead atoms. The van der Waals surface area contributed by atoms with Crippen LogP contribution in [-0.2, 0) is 14.3 Å². The minimum absolute atomic E-state index is 0.219. The second-order valence-corrected chi connectivity index (χ2v) is 7.38. The van der Waals surface area contributed by atoms with Crippen LogP contribution in [0.2, 0.25) is 0 Å². The molecule has 1 saturated heterocycles. The van der Waals surface area contributed by atoms with Crippen molar-refractivity contribution in [2.45, 2.75) is 19.9 Å². The Kier molecular flexibility index (Phi) is 7.93. The van der Waals surface area contributed by atoms with Gasteiger partial charge in [0.05, 0.1) is 31.9 Å². The van der Waals surface area contributed by atoms with Crippen LogP contribution in [0, 0.1) is 0 Å². The summed E-state index contributed by atoms with van der Waals surface area (Å²) in [4.78, 5) is 41.0. The molecule has 0 saturated carbocycles. The Labute approximate surface area is 187 Å². The number of esters is 1. The molecule has 32 heavy (non-hydrogen) atoms. The average Bonchev–Trinajstić information content (AvgIpc) is 2.79. The molecule has 1 atom stereocenters. The number of urea groups is 1. The predicted octanol–water partition coefficient (Wildman–Crippen LogP) is 1.64. The molecule has 0 spiro atoms. The van der Waals surface area contributed by atoms with E-state index in [0.717, 1.165) is 5.56 Å². The molecular formula is C22H30N4O6. The maximum Gasteiger partial charge on any atom is 0.409 e. The summed E-state index contributed by atoms with van der Waals surface area (Å²) in [6.07, 6.45) is -0.326. The summed E-state index contributed by atoms with van der Waals surface area (Å²) in [5.41, 5.74) is 1.61. The Balaban J connectivity index is 1.83. The molecule has 174 valence electrons. The summed E-state index contributed by atoms with van der Waals surface area (Å²) >= 11 is 0. The number of amides is 3. The molecular weight excluding hydrogens is 416 g/mol. The third-order valence-corrected chi connectivity index (χ3v) is 5.38. The zero-order chi connectivity index (χ0) is 23.1. The van der Waals surface area contributed by atoms with Crippen molar-refractivity contribution in [3.8, 4) is 5.75 Å². The van der Waals surface area contributed by atoms with Gasteiger partial charge in [0, 0.05) is 38.4 Å². The lowest BCUT2D eigenvalue weighted by Gasteiger charge is -2.36. The van der Waals surface area contributed by atoms with E-state index in [-0.39, 0.29) is 18.7 Å². The molecule has 2 N–H and O–H groups in total. The topological polar surface area (TPSA) is 109 Å². The molecule has 0 radical (unpaired) electrons. The Morgan fingerprint density at radius 2 is 1.69 bits per heavy atom. The Morgan fingerprint density at radius 1 is 1.03 bits per heavy atom. The predicted molar refractivity (Wildman–Crippen MR) is 116 cm³/mol. The fraction of sp³-hybridized carbons (Fsp3) is 0.500. The van der Waals surface area contributed by atoms with Gasteiger partial charge in [0.1, 0.15) is 5.75 Å². The lowest BCUT2D eigenvalue weighted by molar-refractivity contribution is -0.139. The summed E-state index contributed by atoms with van der Waals surface area (Å²) in [5.74, 6) is 0.191. The summed E-state index contributed by atoms with van der Waals surface area (Å²) in [7, 11) is 1.57. The van der Waals surface area contributed by atoms with E-state index in [1.54, 1.807) is 38.0 Å². The third-order valence-electron chi connectivity index (χ3n) is 5.38. The van der Waals surface area contributed by atoms with Gasteiger partial charge in [-0.05, 0) is 31.5 Å². The number of nitrogens with zero attached hydrogens (tertiary/aromatic N) is 2. The Hall–Kier alpha value is -3.27. The highest BCUT2D eigenvalue weighted by molar-refractivity contribution is 5.95. The quantitative estimate of drug-likeness (QED) is 0.613. The number of hydrogen-bond donors (Lipinski definition) is 2. The molecule has 10 heteroatoms.